The van der Waals surface area contributed by atoms with E-state index in [-0.39, 0.29) is 22.2 Å². The van der Waals surface area contributed by atoms with Crippen molar-refractivity contribution < 1.29 is 22.3 Å². The summed E-state index contributed by atoms with van der Waals surface area (Å²) < 4.78 is 45.4. The van der Waals surface area contributed by atoms with E-state index >= 15 is 0 Å². The number of nitrogens with zero attached hydrogens (tertiary/aromatic N) is 1. The molecule has 0 heterocycles. The number of hydrogen-bond acceptors (Lipinski definition) is 4. The van der Waals surface area contributed by atoms with Crippen molar-refractivity contribution in [1.29, 1.82) is 0 Å². The molecule has 3 aromatic rings. The molecular formula is C24H25FN2O4S. The Morgan fingerprint density at radius 2 is 1.69 bits per heavy atom. The van der Waals surface area contributed by atoms with Crippen molar-refractivity contribution in [2.45, 2.75) is 17.7 Å². The van der Waals surface area contributed by atoms with Gasteiger partial charge in [0.25, 0.3) is 15.9 Å². The lowest BCUT2D eigenvalue weighted by atomic mass is 10.2. The molecule has 0 radical (unpaired) electrons. The topological polar surface area (TPSA) is 75.7 Å². The highest BCUT2D eigenvalue weighted by molar-refractivity contribution is 7.92. The molecule has 3 rings (SSSR count). The molecule has 0 aliphatic heterocycles. The first-order chi connectivity index (χ1) is 15.4. The largest absolute Gasteiger partial charge is 0.494 e. The maximum absolute atomic E-state index is 12.9. The number of halogens is 1. The summed E-state index contributed by atoms with van der Waals surface area (Å²) in [6.45, 7) is 0.869. The van der Waals surface area contributed by atoms with Gasteiger partial charge in [0.1, 0.15) is 11.6 Å². The molecule has 1 amide bonds. The van der Waals surface area contributed by atoms with Crippen LogP contribution in [0.3, 0.4) is 0 Å². The standard InChI is InChI=1S/C24H25FN2O4S/c1-27(21-9-3-2-4-10-21)32(29,30)23-11-7-8-19(18-23)24(28)26-16-5-6-17-31-22-14-12-20(25)13-15-22/h2-4,7-15,18H,5-6,16-17H2,1H3,(H,26,28). The third-order valence-corrected chi connectivity index (χ3v) is 6.60. The zero-order valence-electron chi connectivity index (χ0n) is 17.7. The molecule has 0 spiro atoms. The minimum absolute atomic E-state index is 0.0456. The van der Waals surface area contributed by atoms with Gasteiger partial charge in [0.05, 0.1) is 17.2 Å². The Kier molecular flexibility index (Phi) is 7.83. The second kappa shape index (κ2) is 10.8. The van der Waals surface area contributed by atoms with Crippen LogP contribution < -0.4 is 14.4 Å². The van der Waals surface area contributed by atoms with Crippen LogP contribution in [-0.2, 0) is 10.0 Å². The van der Waals surface area contributed by atoms with Crippen LogP contribution in [0.25, 0.3) is 0 Å². The Balaban J connectivity index is 1.51. The van der Waals surface area contributed by atoms with Gasteiger partial charge in [-0.05, 0) is 67.4 Å². The first-order valence-electron chi connectivity index (χ1n) is 10.2. The molecule has 8 heteroatoms. The minimum atomic E-state index is -3.80. The summed E-state index contributed by atoms with van der Waals surface area (Å²) in [7, 11) is -2.32. The van der Waals surface area contributed by atoms with Gasteiger partial charge in [0.2, 0.25) is 0 Å². The third kappa shape index (κ3) is 6.07. The Morgan fingerprint density at radius 3 is 2.41 bits per heavy atom. The fourth-order valence-corrected chi connectivity index (χ4v) is 4.23. The Morgan fingerprint density at radius 1 is 0.969 bits per heavy atom. The molecule has 6 nitrogen and oxygen atoms in total. The van der Waals surface area contributed by atoms with Crippen molar-refractivity contribution in [3.05, 3.63) is 90.2 Å². The van der Waals surface area contributed by atoms with E-state index in [0.29, 0.717) is 37.4 Å². The zero-order chi connectivity index (χ0) is 23.0. The lowest BCUT2D eigenvalue weighted by molar-refractivity contribution is 0.0952. The number of para-hydroxylation sites is 1. The normalized spacial score (nSPS) is 11.1. The summed E-state index contributed by atoms with van der Waals surface area (Å²) in [4.78, 5) is 12.5. The first kappa shape index (κ1) is 23.3. The molecule has 0 aromatic heterocycles. The van der Waals surface area contributed by atoms with Crippen LogP contribution in [0.15, 0.2) is 83.8 Å². The number of benzene rings is 3. The molecule has 0 bridgehead atoms. The minimum Gasteiger partial charge on any atom is -0.494 e. The second-order valence-corrected chi connectivity index (χ2v) is 9.07. The lowest BCUT2D eigenvalue weighted by Gasteiger charge is -2.19. The van der Waals surface area contributed by atoms with E-state index < -0.39 is 10.0 Å². The predicted octanol–water partition coefficient (Wildman–Crippen LogP) is 4.24. The number of carbonyl (C=O) groups excluding carboxylic acids is 1. The third-order valence-electron chi connectivity index (χ3n) is 4.81. The number of unbranched alkanes of at least 4 members (excludes halogenated alkanes) is 1. The highest BCUT2D eigenvalue weighted by Crippen LogP contribution is 2.22. The van der Waals surface area contributed by atoms with Crippen LogP contribution in [0.1, 0.15) is 23.2 Å². The Hall–Kier alpha value is -3.39. The summed E-state index contributed by atoms with van der Waals surface area (Å²) in [5.74, 6) is -0.0681. The maximum atomic E-state index is 12.9. The number of carbonyl (C=O) groups is 1. The average Bonchev–Trinajstić information content (AvgIpc) is 2.82. The molecule has 0 aliphatic carbocycles. The molecule has 0 saturated carbocycles. The average molecular weight is 457 g/mol. The van der Waals surface area contributed by atoms with Gasteiger partial charge in [-0.3, -0.25) is 9.10 Å². The van der Waals surface area contributed by atoms with Gasteiger partial charge in [0, 0.05) is 19.2 Å². The van der Waals surface area contributed by atoms with E-state index in [1.165, 1.54) is 35.6 Å². The van der Waals surface area contributed by atoms with Gasteiger partial charge in [-0.1, -0.05) is 24.3 Å². The van der Waals surface area contributed by atoms with Gasteiger partial charge in [-0.15, -0.1) is 0 Å². The Bertz CT molecular complexity index is 1140. The van der Waals surface area contributed by atoms with E-state index in [4.69, 9.17) is 4.74 Å². The molecule has 32 heavy (non-hydrogen) atoms. The van der Waals surface area contributed by atoms with Crippen molar-refractivity contribution in [3.63, 3.8) is 0 Å². The van der Waals surface area contributed by atoms with Gasteiger partial charge in [-0.2, -0.15) is 0 Å². The highest BCUT2D eigenvalue weighted by Gasteiger charge is 2.22. The van der Waals surface area contributed by atoms with E-state index in [9.17, 15) is 17.6 Å². The summed E-state index contributed by atoms with van der Waals surface area (Å²) in [5.41, 5.74) is 0.806. The van der Waals surface area contributed by atoms with E-state index in [1.54, 1.807) is 48.5 Å². The number of ether oxygens (including phenoxy) is 1. The number of amides is 1. The molecule has 0 unspecified atom stereocenters. The predicted molar refractivity (Wildman–Crippen MR) is 122 cm³/mol. The van der Waals surface area contributed by atoms with Gasteiger partial charge >= 0.3 is 0 Å². The quantitative estimate of drug-likeness (QED) is 0.463. The van der Waals surface area contributed by atoms with Gasteiger partial charge in [-0.25, -0.2) is 12.8 Å². The monoisotopic (exact) mass is 456 g/mol. The number of rotatable bonds is 10. The number of anilines is 1. The molecule has 0 atom stereocenters. The summed E-state index contributed by atoms with van der Waals surface area (Å²) in [6.07, 6.45) is 1.38. The van der Waals surface area contributed by atoms with Gasteiger partial charge < -0.3 is 10.1 Å². The fourth-order valence-electron chi connectivity index (χ4n) is 2.98. The maximum Gasteiger partial charge on any atom is 0.264 e. The van der Waals surface area contributed by atoms with Crippen LogP contribution >= 0.6 is 0 Å². The lowest BCUT2D eigenvalue weighted by Crippen LogP contribution is -2.28. The first-order valence-corrected chi connectivity index (χ1v) is 11.6. The molecular weight excluding hydrogens is 431 g/mol. The van der Waals surface area contributed by atoms with Crippen molar-refractivity contribution >= 4 is 21.6 Å². The molecule has 0 aliphatic rings. The van der Waals surface area contributed by atoms with Crippen molar-refractivity contribution in [3.8, 4) is 5.75 Å². The molecule has 1 N–H and O–H groups in total. The molecule has 168 valence electrons. The van der Waals surface area contributed by atoms with Crippen molar-refractivity contribution in [2.75, 3.05) is 24.5 Å². The van der Waals surface area contributed by atoms with Crippen LogP contribution in [-0.4, -0.2) is 34.5 Å². The summed E-state index contributed by atoms with van der Waals surface area (Å²) in [6, 6.07) is 20.5. The molecule has 0 fully saturated rings. The summed E-state index contributed by atoms with van der Waals surface area (Å²) >= 11 is 0. The molecule has 3 aromatic carbocycles. The van der Waals surface area contributed by atoms with Crippen molar-refractivity contribution in [1.82, 2.24) is 5.32 Å². The van der Waals surface area contributed by atoms with E-state index in [2.05, 4.69) is 5.32 Å². The van der Waals surface area contributed by atoms with E-state index in [1.807, 2.05) is 6.07 Å². The highest BCUT2D eigenvalue weighted by atomic mass is 32.2. The molecule has 0 saturated heterocycles. The Labute approximate surface area is 187 Å². The van der Waals surface area contributed by atoms with Gasteiger partial charge in [0.15, 0.2) is 0 Å². The second-order valence-electron chi connectivity index (χ2n) is 7.10. The zero-order valence-corrected chi connectivity index (χ0v) is 18.5. The smallest absolute Gasteiger partial charge is 0.264 e. The van der Waals surface area contributed by atoms with Crippen LogP contribution in [0.2, 0.25) is 0 Å². The van der Waals surface area contributed by atoms with Crippen LogP contribution in [0.5, 0.6) is 5.75 Å². The van der Waals surface area contributed by atoms with Crippen molar-refractivity contribution in [2.24, 2.45) is 0 Å². The fraction of sp³-hybridized carbons (Fsp3) is 0.208. The number of hydrogen-bond donors (Lipinski definition) is 1. The SMILES string of the molecule is CN(c1ccccc1)S(=O)(=O)c1cccc(C(=O)NCCCCOc2ccc(F)cc2)c1. The summed E-state index contributed by atoms with van der Waals surface area (Å²) in [5, 5.41) is 2.79. The van der Waals surface area contributed by atoms with E-state index in [0.717, 1.165) is 0 Å². The van der Waals surface area contributed by atoms with Crippen LogP contribution in [0.4, 0.5) is 10.1 Å². The number of sulfonamides is 1. The van der Waals surface area contributed by atoms with Crippen LogP contribution in [0, 0.1) is 5.82 Å². The number of nitrogens with one attached hydrogen (secondary N) is 1.